The molecule has 0 saturated carbocycles. The van der Waals surface area contributed by atoms with Crippen molar-refractivity contribution in [1.29, 1.82) is 0 Å². The van der Waals surface area contributed by atoms with Gasteiger partial charge in [0.25, 0.3) is 11.8 Å². The number of hydrogen-bond donors (Lipinski definition) is 4. The van der Waals surface area contributed by atoms with Crippen LogP contribution in [0.4, 0.5) is 11.4 Å². The van der Waals surface area contributed by atoms with Crippen LogP contribution in [-0.4, -0.2) is 23.6 Å². The standard InChI is InChI=1S/C38H32N4O4S/c1-25-11-8-9-16-29(25)23-33(42-36(44)28-14-6-3-7-15-28)37(45)41-31-17-10-18-32(24-31)47-34(26-12-4-2-5-13-26)38(46)40-30-21-19-27(20-22-30)35(39)43/h2-24,34H,1H3,(H2,39,43)(H,40,46)(H,41,45)(H,42,44)/b33-23-. The maximum atomic E-state index is 13.6. The van der Waals surface area contributed by atoms with Crippen LogP contribution < -0.4 is 21.7 Å². The molecule has 0 fully saturated rings. The summed E-state index contributed by atoms with van der Waals surface area (Å²) in [5.74, 6) is -1.74. The lowest BCUT2D eigenvalue weighted by Gasteiger charge is -2.18. The van der Waals surface area contributed by atoms with Crippen LogP contribution >= 0.6 is 11.8 Å². The van der Waals surface area contributed by atoms with Crippen molar-refractivity contribution in [2.45, 2.75) is 17.1 Å². The van der Waals surface area contributed by atoms with E-state index >= 15 is 0 Å². The summed E-state index contributed by atoms with van der Waals surface area (Å²) in [6.07, 6.45) is 1.65. The molecule has 5 aromatic carbocycles. The molecule has 4 amide bonds. The topological polar surface area (TPSA) is 130 Å². The summed E-state index contributed by atoms with van der Waals surface area (Å²) in [6, 6.07) is 39.1. The smallest absolute Gasteiger partial charge is 0.272 e. The number of carbonyl (C=O) groups is 4. The number of primary amides is 1. The van der Waals surface area contributed by atoms with Crippen molar-refractivity contribution in [2.75, 3.05) is 10.6 Å². The Balaban J connectivity index is 1.37. The summed E-state index contributed by atoms with van der Waals surface area (Å²) in [4.78, 5) is 52.4. The van der Waals surface area contributed by atoms with Gasteiger partial charge in [0.05, 0.1) is 0 Å². The van der Waals surface area contributed by atoms with E-state index in [4.69, 9.17) is 5.73 Å². The van der Waals surface area contributed by atoms with Crippen LogP contribution in [0.3, 0.4) is 0 Å². The first-order valence-corrected chi connectivity index (χ1v) is 15.6. The molecule has 8 nitrogen and oxygen atoms in total. The Bertz CT molecular complexity index is 1930. The lowest BCUT2D eigenvalue weighted by molar-refractivity contribution is -0.116. The minimum absolute atomic E-state index is 0.0788. The van der Waals surface area contributed by atoms with Gasteiger partial charge in [0, 0.05) is 27.4 Å². The third kappa shape index (κ3) is 8.84. The Hall–Kier alpha value is -5.93. The van der Waals surface area contributed by atoms with Gasteiger partial charge in [-0.05, 0) is 84.3 Å². The second kappa shape index (κ2) is 15.4. The highest BCUT2D eigenvalue weighted by Gasteiger charge is 2.23. The van der Waals surface area contributed by atoms with E-state index in [9.17, 15) is 19.2 Å². The van der Waals surface area contributed by atoms with E-state index in [1.807, 2.05) is 73.7 Å². The fourth-order valence-electron chi connectivity index (χ4n) is 4.65. The molecule has 0 bridgehead atoms. The van der Waals surface area contributed by atoms with Gasteiger partial charge in [0.2, 0.25) is 11.8 Å². The van der Waals surface area contributed by atoms with Crippen LogP contribution in [0.2, 0.25) is 0 Å². The maximum Gasteiger partial charge on any atom is 0.272 e. The van der Waals surface area contributed by atoms with Gasteiger partial charge >= 0.3 is 0 Å². The normalized spacial score (nSPS) is 11.6. The molecule has 0 aromatic heterocycles. The first-order valence-electron chi connectivity index (χ1n) is 14.7. The molecule has 47 heavy (non-hydrogen) atoms. The molecule has 0 radical (unpaired) electrons. The van der Waals surface area contributed by atoms with Crippen LogP contribution in [0.5, 0.6) is 0 Å². The van der Waals surface area contributed by atoms with E-state index < -0.39 is 23.0 Å². The molecular formula is C38H32N4O4S. The summed E-state index contributed by atoms with van der Waals surface area (Å²) in [7, 11) is 0. The molecule has 234 valence electrons. The summed E-state index contributed by atoms with van der Waals surface area (Å²) in [5.41, 5.74) is 9.70. The van der Waals surface area contributed by atoms with Crippen LogP contribution in [-0.2, 0) is 9.59 Å². The minimum Gasteiger partial charge on any atom is -0.366 e. The maximum absolute atomic E-state index is 13.6. The van der Waals surface area contributed by atoms with Crippen LogP contribution in [0.1, 0.15) is 42.7 Å². The number of benzene rings is 5. The number of amides is 4. The summed E-state index contributed by atoms with van der Waals surface area (Å²) in [5, 5.41) is 7.95. The third-order valence-electron chi connectivity index (χ3n) is 7.14. The highest BCUT2D eigenvalue weighted by atomic mass is 32.2. The lowest BCUT2D eigenvalue weighted by atomic mass is 10.1. The van der Waals surface area contributed by atoms with E-state index in [1.54, 1.807) is 72.8 Å². The number of rotatable bonds is 11. The van der Waals surface area contributed by atoms with Gasteiger partial charge in [-0.1, -0.05) is 78.9 Å². The Kier molecular flexibility index (Phi) is 10.6. The molecule has 5 rings (SSSR count). The quantitative estimate of drug-likeness (QED) is 0.0915. The van der Waals surface area contributed by atoms with Crippen LogP contribution in [0, 0.1) is 6.92 Å². The molecule has 9 heteroatoms. The van der Waals surface area contributed by atoms with Crippen molar-refractivity contribution in [3.8, 4) is 0 Å². The van der Waals surface area contributed by atoms with Crippen molar-refractivity contribution >= 4 is 52.8 Å². The van der Waals surface area contributed by atoms with E-state index in [0.717, 1.165) is 21.6 Å². The van der Waals surface area contributed by atoms with Gasteiger partial charge in [-0.2, -0.15) is 0 Å². The van der Waals surface area contributed by atoms with E-state index in [2.05, 4.69) is 16.0 Å². The van der Waals surface area contributed by atoms with Gasteiger partial charge in [0.15, 0.2) is 0 Å². The van der Waals surface area contributed by atoms with Crippen LogP contribution in [0.15, 0.2) is 144 Å². The highest BCUT2D eigenvalue weighted by molar-refractivity contribution is 8.00. The van der Waals surface area contributed by atoms with Gasteiger partial charge in [0.1, 0.15) is 10.9 Å². The Morgan fingerprint density at radius 1 is 0.681 bits per heavy atom. The number of hydrogen-bond acceptors (Lipinski definition) is 5. The predicted octanol–water partition coefficient (Wildman–Crippen LogP) is 6.98. The molecule has 0 heterocycles. The number of thioether (sulfide) groups is 1. The van der Waals surface area contributed by atoms with E-state index in [1.165, 1.54) is 11.8 Å². The van der Waals surface area contributed by atoms with Gasteiger partial charge < -0.3 is 21.7 Å². The Morgan fingerprint density at radius 2 is 1.34 bits per heavy atom. The number of aryl methyl sites for hydroxylation is 1. The average molecular weight is 641 g/mol. The molecular weight excluding hydrogens is 609 g/mol. The largest absolute Gasteiger partial charge is 0.366 e. The van der Waals surface area contributed by atoms with Crippen molar-refractivity contribution in [3.05, 3.63) is 167 Å². The van der Waals surface area contributed by atoms with E-state index in [-0.39, 0.29) is 11.6 Å². The average Bonchev–Trinajstić information content (AvgIpc) is 3.09. The first-order chi connectivity index (χ1) is 22.8. The monoisotopic (exact) mass is 640 g/mol. The van der Waals surface area contributed by atoms with Gasteiger partial charge in [-0.15, -0.1) is 11.8 Å². The summed E-state index contributed by atoms with van der Waals surface area (Å²) in [6.45, 7) is 1.93. The zero-order valence-corrected chi connectivity index (χ0v) is 26.3. The molecule has 5 N–H and O–H groups in total. The van der Waals surface area contributed by atoms with Crippen molar-refractivity contribution in [2.24, 2.45) is 5.73 Å². The predicted molar refractivity (Wildman–Crippen MR) is 187 cm³/mol. The summed E-state index contributed by atoms with van der Waals surface area (Å²) >= 11 is 1.32. The minimum atomic E-state index is -0.639. The summed E-state index contributed by atoms with van der Waals surface area (Å²) < 4.78 is 0. The van der Waals surface area contributed by atoms with Crippen molar-refractivity contribution in [3.63, 3.8) is 0 Å². The molecule has 0 spiro atoms. The number of carbonyl (C=O) groups excluding carboxylic acids is 4. The fraction of sp³-hybridized carbons (Fsp3) is 0.0526. The van der Waals surface area contributed by atoms with Crippen molar-refractivity contribution < 1.29 is 19.2 Å². The fourth-order valence-corrected chi connectivity index (χ4v) is 5.74. The Labute approximate surface area is 277 Å². The second-order valence-corrected chi connectivity index (χ2v) is 11.7. The molecule has 1 unspecified atom stereocenters. The number of nitrogens with one attached hydrogen (secondary N) is 3. The molecule has 0 aliphatic carbocycles. The second-order valence-electron chi connectivity index (χ2n) is 10.6. The zero-order chi connectivity index (χ0) is 33.2. The Morgan fingerprint density at radius 3 is 2.02 bits per heavy atom. The van der Waals surface area contributed by atoms with Gasteiger partial charge in [-0.3, -0.25) is 19.2 Å². The van der Waals surface area contributed by atoms with Gasteiger partial charge in [-0.25, -0.2) is 0 Å². The third-order valence-corrected chi connectivity index (χ3v) is 8.39. The first kappa shape index (κ1) is 32.5. The van der Waals surface area contributed by atoms with Crippen molar-refractivity contribution in [1.82, 2.24) is 5.32 Å². The molecule has 0 aliphatic rings. The lowest BCUT2D eigenvalue weighted by Crippen LogP contribution is -2.30. The van der Waals surface area contributed by atoms with E-state index in [0.29, 0.717) is 22.5 Å². The molecule has 1 atom stereocenters. The SMILES string of the molecule is Cc1ccccc1/C=C(\NC(=O)c1ccccc1)C(=O)Nc1cccc(SC(C(=O)Nc2ccc(C(N)=O)cc2)c2ccccc2)c1. The molecule has 0 aliphatic heterocycles. The van der Waals surface area contributed by atoms with Crippen LogP contribution in [0.25, 0.3) is 6.08 Å². The highest BCUT2D eigenvalue weighted by Crippen LogP contribution is 2.37. The number of anilines is 2. The number of nitrogens with two attached hydrogens (primary N) is 1. The molecule has 0 saturated heterocycles. The molecule has 5 aromatic rings. The zero-order valence-electron chi connectivity index (χ0n) is 25.5.